The van der Waals surface area contributed by atoms with Gasteiger partial charge in [0.2, 0.25) is 0 Å². The number of carbonyl (C=O) groups is 1. The summed E-state index contributed by atoms with van der Waals surface area (Å²) in [7, 11) is 0. The van der Waals surface area contributed by atoms with Crippen molar-refractivity contribution in [2.75, 3.05) is 39.3 Å². The van der Waals surface area contributed by atoms with Crippen molar-refractivity contribution in [2.24, 2.45) is 5.73 Å². The van der Waals surface area contributed by atoms with Gasteiger partial charge in [-0.2, -0.15) is 0 Å². The highest BCUT2D eigenvalue weighted by atomic mass is 16.2. The number of amides is 2. The predicted molar refractivity (Wildman–Crippen MR) is 67.9 cm³/mol. The molecule has 17 heavy (non-hydrogen) atoms. The Hall–Kier alpha value is -0.810. The van der Waals surface area contributed by atoms with E-state index >= 15 is 0 Å². The zero-order valence-corrected chi connectivity index (χ0v) is 10.5. The van der Waals surface area contributed by atoms with E-state index in [4.69, 9.17) is 5.73 Å². The third-order valence-electron chi connectivity index (χ3n) is 3.75. The molecule has 3 N–H and O–H groups in total. The molecule has 1 aliphatic carbocycles. The summed E-state index contributed by atoms with van der Waals surface area (Å²) in [5.74, 6) is 0. The Kier molecular flexibility index (Phi) is 4.62. The molecule has 0 atom stereocenters. The maximum Gasteiger partial charge on any atom is 0.317 e. The zero-order chi connectivity index (χ0) is 12.1. The van der Waals surface area contributed by atoms with Crippen molar-refractivity contribution in [2.45, 2.75) is 31.7 Å². The van der Waals surface area contributed by atoms with Gasteiger partial charge in [0.25, 0.3) is 0 Å². The first kappa shape index (κ1) is 12.6. The molecule has 2 amide bonds. The lowest BCUT2D eigenvalue weighted by Gasteiger charge is -2.30. The Morgan fingerprint density at radius 1 is 1.18 bits per heavy atom. The van der Waals surface area contributed by atoms with Gasteiger partial charge >= 0.3 is 6.03 Å². The van der Waals surface area contributed by atoms with E-state index in [1.165, 1.54) is 6.42 Å². The van der Waals surface area contributed by atoms with E-state index in [0.29, 0.717) is 12.6 Å². The van der Waals surface area contributed by atoms with E-state index in [-0.39, 0.29) is 6.03 Å². The van der Waals surface area contributed by atoms with E-state index in [1.807, 2.05) is 4.90 Å². The number of urea groups is 1. The normalized spacial score (nSPS) is 23.0. The molecular weight excluding hydrogens is 216 g/mol. The third kappa shape index (κ3) is 3.57. The first-order valence-corrected chi connectivity index (χ1v) is 6.77. The van der Waals surface area contributed by atoms with E-state index in [2.05, 4.69) is 10.2 Å². The van der Waals surface area contributed by atoms with Crippen LogP contribution >= 0.6 is 0 Å². The van der Waals surface area contributed by atoms with Crippen LogP contribution in [0.5, 0.6) is 0 Å². The first-order valence-electron chi connectivity index (χ1n) is 6.77. The van der Waals surface area contributed by atoms with Gasteiger partial charge in [-0.05, 0) is 32.2 Å². The molecule has 2 aliphatic rings. The van der Waals surface area contributed by atoms with Gasteiger partial charge in [-0.25, -0.2) is 4.79 Å². The number of hydrogen-bond donors (Lipinski definition) is 2. The molecule has 0 unspecified atom stereocenters. The molecule has 0 spiro atoms. The molecule has 1 saturated heterocycles. The Labute approximate surface area is 103 Å². The SMILES string of the molecule is NCCN1CCCN(C(=O)NC2CCC2)CC1. The highest BCUT2D eigenvalue weighted by molar-refractivity contribution is 5.74. The average molecular weight is 240 g/mol. The van der Waals surface area contributed by atoms with Crippen LogP contribution in [0.1, 0.15) is 25.7 Å². The van der Waals surface area contributed by atoms with Gasteiger partial charge in [-0.3, -0.25) is 0 Å². The number of rotatable bonds is 3. The summed E-state index contributed by atoms with van der Waals surface area (Å²) in [5.41, 5.74) is 5.56. The third-order valence-corrected chi connectivity index (χ3v) is 3.75. The molecule has 0 radical (unpaired) electrons. The highest BCUT2D eigenvalue weighted by Crippen LogP contribution is 2.18. The summed E-state index contributed by atoms with van der Waals surface area (Å²) < 4.78 is 0. The smallest absolute Gasteiger partial charge is 0.317 e. The maximum atomic E-state index is 12.0. The molecule has 98 valence electrons. The van der Waals surface area contributed by atoms with Crippen molar-refractivity contribution >= 4 is 6.03 Å². The molecule has 2 fully saturated rings. The molecule has 5 nitrogen and oxygen atoms in total. The Morgan fingerprint density at radius 3 is 2.65 bits per heavy atom. The van der Waals surface area contributed by atoms with E-state index in [0.717, 1.165) is 52.0 Å². The number of nitrogens with one attached hydrogen (secondary N) is 1. The fourth-order valence-corrected chi connectivity index (χ4v) is 2.40. The van der Waals surface area contributed by atoms with Gasteiger partial charge in [0.15, 0.2) is 0 Å². The van der Waals surface area contributed by atoms with Gasteiger partial charge in [0.05, 0.1) is 0 Å². The lowest BCUT2D eigenvalue weighted by atomic mass is 9.93. The molecule has 0 aromatic carbocycles. The predicted octanol–water partition coefficient (Wildman–Crippen LogP) is 0.215. The number of nitrogens with two attached hydrogens (primary N) is 1. The Balaban J connectivity index is 1.74. The van der Waals surface area contributed by atoms with Gasteiger partial charge < -0.3 is 20.9 Å². The summed E-state index contributed by atoms with van der Waals surface area (Å²) in [6.07, 6.45) is 4.62. The van der Waals surface area contributed by atoms with Crippen molar-refractivity contribution in [3.8, 4) is 0 Å². The van der Waals surface area contributed by atoms with Crippen LogP contribution in [0, 0.1) is 0 Å². The van der Waals surface area contributed by atoms with Crippen molar-refractivity contribution in [1.29, 1.82) is 0 Å². The van der Waals surface area contributed by atoms with Crippen LogP contribution in [-0.4, -0.2) is 61.1 Å². The largest absolute Gasteiger partial charge is 0.335 e. The van der Waals surface area contributed by atoms with E-state index in [9.17, 15) is 4.79 Å². The molecule has 0 aromatic heterocycles. The minimum atomic E-state index is 0.129. The molecule has 1 saturated carbocycles. The summed E-state index contributed by atoms with van der Waals surface area (Å²) in [5, 5.41) is 3.10. The van der Waals surface area contributed by atoms with E-state index < -0.39 is 0 Å². The van der Waals surface area contributed by atoms with Crippen LogP contribution < -0.4 is 11.1 Å². The molecule has 0 aromatic rings. The second kappa shape index (κ2) is 6.21. The van der Waals surface area contributed by atoms with Crippen LogP contribution in [0.15, 0.2) is 0 Å². The van der Waals surface area contributed by atoms with Crippen molar-refractivity contribution in [3.05, 3.63) is 0 Å². The van der Waals surface area contributed by atoms with Crippen LogP contribution in [0.2, 0.25) is 0 Å². The molecule has 1 aliphatic heterocycles. The standard InChI is InChI=1S/C12H24N4O/c13-5-8-15-6-2-7-16(10-9-15)12(17)14-11-3-1-4-11/h11H,1-10,13H2,(H,14,17). The minimum absolute atomic E-state index is 0.129. The molecule has 0 bridgehead atoms. The Bertz CT molecular complexity index is 255. The quantitative estimate of drug-likeness (QED) is 0.741. The van der Waals surface area contributed by atoms with Crippen LogP contribution in [-0.2, 0) is 0 Å². The number of nitrogens with zero attached hydrogens (tertiary/aromatic N) is 2. The van der Waals surface area contributed by atoms with Gasteiger partial charge in [-0.15, -0.1) is 0 Å². The van der Waals surface area contributed by atoms with Crippen molar-refractivity contribution in [1.82, 2.24) is 15.1 Å². The number of carbonyl (C=O) groups excluding carboxylic acids is 1. The summed E-state index contributed by atoms with van der Waals surface area (Å²) in [6.45, 7) is 5.37. The van der Waals surface area contributed by atoms with Crippen LogP contribution in [0.4, 0.5) is 4.79 Å². The van der Waals surface area contributed by atoms with Gasteiger partial charge in [0, 0.05) is 38.8 Å². The first-order chi connectivity index (χ1) is 8.29. The summed E-state index contributed by atoms with van der Waals surface area (Å²) in [6, 6.07) is 0.565. The summed E-state index contributed by atoms with van der Waals surface area (Å²) in [4.78, 5) is 16.3. The lowest BCUT2D eigenvalue weighted by molar-refractivity contribution is 0.187. The lowest BCUT2D eigenvalue weighted by Crippen LogP contribution is -2.48. The second-order valence-electron chi connectivity index (χ2n) is 5.05. The van der Waals surface area contributed by atoms with Crippen LogP contribution in [0.25, 0.3) is 0 Å². The van der Waals surface area contributed by atoms with Crippen molar-refractivity contribution in [3.63, 3.8) is 0 Å². The van der Waals surface area contributed by atoms with Gasteiger partial charge in [-0.1, -0.05) is 0 Å². The molecule has 1 heterocycles. The second-order valence-corrected chi connectivity index (χ2v) is 5.05. The number of hydrogen-bond acceptors (Lipinski definition) is 3. The maximum absolute atomic E-state index is 12.0. The Morgan fingerprint density at radius 2 is 2.00 bits per heavy atom. The molecule has 2 rings (SSSR count). The molecule has 5 heteroatoms. The average Bonchev–Trinajstić information content (AvgIpc) is 2.49. The van der Waals surface area contributed by atoms with Crippen molar-refractivity contribution < 1.29 is 4.79 Å². The minimum Gasteiger partial charge on any atom is -0.335 e. The highest BCUT2D eigenvalue weighted by Gasteiger charge is 2.23. The molecular formula is C12H24N4O. The van der Waals surface area contributed by atoms with Crippen LogP contribution in [0.3, 0.4) is 0 Å². The monoisotopic (exact) mass is 240 g/mol. The zero-order valence-electron chi connectivity index (χ0n) is 10.5. The fourth-order valence-electron chi connectivity index (χ4n) is 2.40. The van der Waals surface area contributed by atoms with Gasteiger partial charge in [0.1, 0.15) is 0 Å². The summed E-state index contributed by atoms with van der Waals surface area (Å²) >= 11 is 0. The topological polar surface area (TPSA) is 61.6 Å². The fraction of sp³-hybridized carbons (Fsp3) is 0.917. The van der Waals surface area contributed by atoms with E-state index in [1.54, 1.807) is 0 Å².